The number of carbonyl (C=O) groups is 3. The van der Waals surface area contributed by atoms with Gasteiger partial charge in [0.05, 0.1) is 24.9 Å². The molecule has 9 heteroatoms. The highest BCUT2D eigenvalue weighted by Crippen LogP contribution is 2.31. The molecule has 2 N–H and O–H groups in total. The molecule has 2 atom stereocenters. The van der Waals surface area contributed by atoms with Crippen LogP contribution in [0.2, 0.25) is 0 Å². The van der Waals surface area contributed by atoms with Gasteiger partial charge in [-0.2, -0.15) is 0 Å². The van der Waals surface area contributed by atoms with Gasteiger partial charge in [0.15, 0.2) is 0 Å². The minimum Gasteiger partial charge on any atom is -0.465 e. The summed E-state index contributed by atoms with van der Waals surface area (Å²) in [5.74, 6) is 0. The number of amides is 3. The Kier molecular flexibility index (Phi) is 4.39. The largest absolute Gasteiger partial charge is 0.465 e. The van der Waals surface area contributed by atoms with Crippen molar-refractivity contribution < 1.29 is 29.0 Å². The van der Waals surface area contributed by atoms with Crippen LogP contribution < -0.4 is 15.1 Å². The number of ether oxygens (including phenoxy) is 2. The number of nitrogens with one attached hydrogen (secondary N) is 1. The van der Waals surface area contributed by atoms with Crippen molar-refractivity contribution >= 4 is 29.7 Å². The molecule has 1 unspecified atom stereocenters. The molecule has 0 saturated carbocycles. The Balaban J connectivity index is 1.81. The van der Waals surface area contributed by atoms with Crippen molar-refractivity contribution in [1.82, 2.24) is 5.32 Å². The second-order valence-corrected chi connectivity index (χ2v) is 6.01. The summed E-state index contributed by atoms with van der Waals surface area (Å²) in [5, 5.41) is 11.1. The van der Waals surface area contributed by atoms with Crippen LogP contribution in [-0.2, 0) is 15.9 Å². The number of fused-ring (bicyclic) bond motifs is 1. The topological polar surface area (TPSA) is 108 Å². The van der Waals surface area contributed by atoms with Gasteiger partial charge in [-0.1, -0.05) is 0 Å². The lowest BCUT2D eigenvalue weighted by molar-refractivity contribution is 0.117. The van der Waals surface area contributed by atoms with E-state index >= 15 is 0 Å². The first kappa shape index (κ1) is 16.9. The molecule has 134 valence electrons. The minimum absolute atomic E-state index is 0.240. The van der Waals surface area contributed by atoms with Crippen molar-refractivity contribution in [2.75, 3.05) is 30.0 Å². The van der Waals surface area contributed by atoms with Crippen LogP contribution >= 0.6 is 0 Å². The Labute approximate surface area is 144 Å². The number of benzene rings is 1. The van der Waals surface area contributed by atoms with Crippen LogP contribution in [0.25, 0.3) is 0 Å². The molecule has 0 radical (unpaired) electrons. The summed E-state index contributed by atoms with van der Waals surface area (Å²) in [6.45, 7) is 2.15. The number of cyclic esters (lactones) is 2. The van der Waals surface area contributed by atoms with E-state index in [0.29, 0.717) is 12.1 Å². The Morgan fingerprint density at radius 1 is 1.36 bits per heavy atom. The quantitative estimate of drug-likeness (QED) is 0.861. The van der Waals surface area contributed by atoms with Gasteiger partial charge in [0.1, 0.15) is 6.10 Å². The Bertz CT molecular complexity index is 722. The third-order valence-corrected chi connectivity index (χ3v) is 4.35. The summed E-state index contributed by atoms with van der Waals surface area (Å²) in [5.41, 5.74) is 2.26. The van der Waals surface area contributed by atoms with Crippen LogP contribution in [-0.4, -0.2) is 55.7 Å². The molecule has 0 aliphatic carbocycles. The predicted octanol–water partition coefficient (Wildman–Crippen LogP) is 1.80. The van der Waals surface area contributed by atoms with E-state index < -0.39 is 30.4 Å². The van der Waals surface area contributed by atoms with Gasteiger partial charge in [0.2, 0.25) is 0 Å². The van der Waals surface area contributed by atoms with Crippen LogP contribution in [0.5, 0.6) is 0 Å². The van der Waals surface area contributed by atoms with Crippen molar-refractivity contribution in [3.8, 4) is 0 Å². The molecular formula is C16H19N3O6. The third-order valence-electron chi connectivity index (χ3n) is 4.35. The summed E-state index contributed by atoms with van der Waals surface area (Å²) in [7, 11) is 1.63. The average Bonchev–Trinajstić information content (AvgIpc) is 2.89. The first-order valence-corrected chi connectivity index (χ1v) is 7.88. The standard InChI is InChI=1S/C16H19N3O6/c1-9(17-14(20)21)13-8-19(16(23)25-13)11-3-4-12-10(7-11)5-6-24-15(22)18(12)2/h3-4,7,9,13,17H,5-6,8H2,1-2H3,(H,20,21)/t9?,13-/m0/s1. The lowest BCUT2D eigenvalue weighted by Crippen LogP contribution is -2.42. The van der Waals surface area contributed by atoms with Gasteiger partial charge in [-0.25, -0.2) is 14.4 Å². The van der Waals surface area contributed by atoms with Gasteiger partial charge in [-0.3, -0.25) is 9.80 Å². The first-order valence-electron chi connectivity index (χ1n) is 7.88. The third kappa shape index (κ3) is 3.30. The molecule has 1 aromatic carbocycles. The van der Waals surface area contributed by atoms with Crippen LogP contribution in [0.15, 0.2) is 18.2 Å². The van der Waals surface area contributed by atoms with E-state index in [1.807, 2.05) is 6.07 Å². The summed E-state index contributed by atoms with van der Waals surface area (Å²) in [6, 6.07) is 4.79. The number of anilines is 2. The number of hydrogen-bond donors (Lipinski definition) is 2. The molecule has 0 aromatic heterocycles. The van der Waals surface area contributed by atoms with E-state index in [0.717, 1.165) is 11.3 Å². The van der Waals surface area contributed by atoms with Crippen LogP contribution in [0.3, 0.4) is 0 Å². The molecule has 0 bridgehead atoms. The maximum absolute atomic E-state index is 12.2. The summed E-state index contributed by atoms with van der Waals surface area (Å²) < 4.78 is 10.4. The van der Waals surface area contributed by atoms with E-state index in [-0.39, 0.29) is 13.2 Å². The molecule has 1 fully saturated rings. The van der Waals surface area contributed by atoms with Gasteiger partial charge in [-0.05, 0) is 30.7 Å². The molecule has 1 saturated heterocycles. The molecule has 2 heterocycles. The van der Waals surface area contributed by atoms with Crippen molar-refractivity contribution in [3.05, 3.63) is 23.8 Å². The van der Waals surface area contributed by atoms with Gasteiger partial charge < -0.3 is 19.9 Å². The maximum Gasteiger partial charge on any atom is 0.414 e. The zero-order valence-corrected chi connectivity index (χ0v) is 13.9. The van der Waals surface area contributed by atoms with Gasteiger partial charge in [0, 0.05) is 19.2 Å². The van der Waals surface area contributed by atoms with Crippen molar-refractivity contribution in [3.63, 3.8) is 0 Å². The molecule has 3 rings (SSSR count). The Morgan fingerprint density at radius 3 is 2.84 bits per heavy atom. The lowest BCUT2D eigenvalue weighted by atomic mass is 10.1. The highest BCUT2D eigenvalue weighted by atomic mass is 16.6. The predicted molar refractivity (Wildman–Crippen MR) is 88.1 cm³/mol. The fourth-order valence-electron chi connectivity index (χ4n) is 2.95. The fraction of sp³-hybridized carbons (Fsp3) is 0.438. The van der Waals surface area contributed by atoms with E-state index in [2.05, 4.69) is 5.32 Å². The number of rotatable bonds is 3. The van der Waals surface area contributed by atoms with E-state index in [1.54, 1.807) is 26.1 Å². The molecule has 2 aliphatic heterocycles. The second kappa shape index (κ2) is 6.50. The van der Waals surface area contributed by atoms with Crippen molar-refractivity contribution in [1.29, 1.82) is 0 Å². The number of carboxylic acid groups (broad SMARTS) is 1. The Morgan fingerprint density at radius 2 is 2.12 bits per heavy atom. The summed E-state index contributed by atoms with van der Waals surface area (Å²) in [4.78, 5) is 37.5. The second-order valence-electron chi connectivity index (χ2n) is 6.01. The highest BCUT2D eigenvalue weighted by Gasteiger charge is 2.36. The lowest BCUT2D eigenvalue weighted by Gasteiger charge is -2.20. The number of nitrogens with zero attached hydrogens (tertiary/aromatic N) is 2. The molecular weight excluding hydrogens is 330 g/mol. The molecule has 0 spiro atoms. The van der Waals surface area contributed by atoms with Gasteiger partial charge >= 0.3 is 18.3 Å². The van der Waals surface area contributed by atoms with Crippen molar-refractivity contribution in [2.24, 2.45) is 0 Å². The summed E-state index contributed by atoms with van der Waals surface area (Å²) >= 11 is 0. The zero-order chi connectivity index (χ0) is 18.1. The normalized spacial score (nSPS) is 21.1. The SMILES string of the molecule is CC(NC(=O)O)[C@@H]1CN(c2ccc3c(c2)CCOC(=O)N3C)C(=O)O1. The molecule has 3 amide bonds. The van der Waals surface area contributed by atoms with E-state index in [9.17, 15) is 14.4 Å². The van der Waals surface area contributed by atoms with Gasteiger partial charge in [0.25, 0.3) is 0 Å². The molecule has 2 aliphatic rings. The number of carbonyl (C=O) groups excluding carboxylic acids is 2. The minimum atomic E-state index is -1.17. The fourth-order valence-corrected chi connectivity index (χ4v) is 2.95. The molecule has 9 nitrogen and oxygen atoms in total. The van der Waals surface area contributed by atoms with Crippen LogP contribution in [0, 0.1) is 0 Å². The summed E-state index contributed by atoms with van der Waals surface area (Å²) in [6.07, 6.45) is -2.14. The highest BCUT2D eigenvalue weighted by molar-refractivity contribution is 5.92. The molecule has 1 aromatic rings. The van der Waals surface area contributed by atoms with Gasteiger partial charge in [-0.15, -0.1) is 0 Å². The smallest absolute Gasteiger partial charge is 0.414 e. The average molecular weight is 349 g/mol. The monoisotopic (exact) mass is 349 g/mol. The zero-order valence-electron chi connectivity index (χ0n) is 13.9. The van der Waals surface area contributed by atoms with Crippen LogP contribution in [0.4, 0.5) is 25.8 Å². The van der Waals surface area contributed by atoms with E-state index in [1.165, 1.54) is 9.80 Å². The molecule has 25 heavy (non-hydrogen) atoms. The first-order chi connectivity index (χ1) is 11.9. The maximum atomic E-state index is 12.2. The van der Waals surface area contributed by atoms with Crippen LogP contribution in [0.1, 0.15) is 12.5 Å². The van der Waals surface area contributed by atoms with E-state index in [4.69, 9.17) is 14.6 Å². The number of hydrogen-bond acceptors (Lipinski definition) is 5. The Hall–Kier alpha value is -2.97. The van der Waals surface area contributed by atoms with Crippen molar-refractivity contribution in [2.45, 2.75) is 25.5 Å².